The van der Waals surface area contributed by atoms with Crippen LogP contribution in [0.25, 0.3) is 0 Å². The molecule has 1 heterocycles. The number of hydrogen-bond acceptors (Lipinski definition) is 4. The first-order chi connectivity index (χ1) is 13.4. The van der Waals surface area contributed by atoms with Crippen LogP contribution in [0.2, 0.25) is 18.1 Å². The van der Waals surface area contributed by atoms with Crippen LogP contribution in [-0.4, -0.2) is 32.9 Å². The van der Waals surface area contributed by atoms with Crippen LogP contribution in [0, 0.1) is 0 Å². The van der Waals surface area contributed by atoms with E-state index in [0.717, 1.165) is 18.6 Å². The van der Waals surface area contributed by atoms with Crippen LogP contribution in [0.15, 0.2) is 42.7 Å². The van der Waals surface area contributed by atoms with Crippen molar-refractivity contribution in [3.8, 4) is 0 Å². The molecule has 5 heteroatoms. The van der Waals surface area contributed by atoms with E-state index in [9.17, 15) is 0 Å². The molecule has 1 aliphatic heterocycles. The van der Waals surface area contributed by atoms with Crippen molar-refractivity contribution in [1.82, 2.24) is 0 Å². The Hall–Kier alpha value is -1.14. The number of benzene rings is 1. The first kappa shape index (κ1) is 24.1. The molecule has 0 unspecified atom stereocenters. The summed E-state index contributed by atoms with van der Waals surface area (Å²) in [6, 6.07) is 10.2. The Morgan fingerprint density at radius 1 is 1.14 bits per heavy atom. The highest BCUT2D eigenvalue weighted by molar-refractivity contribution is 6.74. The van der Waals surface area contributed by atoms with E-state index in [1.54, 1.807) is 0 Å². The SMILES string of the molecule is C=C(C[C@@H]1C[C@@H](CCOCc2ccccc2)OC(C)(C)O1)O[Si](C)(C)C(C)(C)C. The topological polar surface area (TPSA) is 36.9 Å². The Kier molecular flexibility index (Phi) is 8.13. The Balaban J connectivity index is 1.82. The Labute approximate surface area is 178 Å². The van der Waals surface area contributed by atoms with E-state index in [1.165, 1.54) is 5.56 Å². The summed E-state index contributed by atoms with van der Waals surface area (Å²) in [5.74, 6) is 0.225. The summed E-state index contributed by atoms with van der Waals surface area (Å²) in [6.07, 6.45) is 2.56. The summed E-state index contributed by atoms with van der Waals surface area (Å²) >= 11 is 0. The molecule has 1 fully saturated rings. The number of ether oxygens (including phenoxy) is 3. The van der Waals surface area contributed by atoms with Crippen molar-refractivity contribution in [1.29, 1.82) is 0 Å². The summed E-state index contributed by atoms with van der Waals surface area (Å²) in [5, 5.41) is 0.157. The molecule has 1 aromatic carbocycles. The van der Waals surface area contributed by atoms with Crippen LogP contribution in [0.3, 0.4) is 0 Å². The fourth-order valence-corrected chi connectivity index (χ4v) is 4.42. The molecule has 0 radical (unpaired) electrons. The van der Waals surface area contributed by atoms with Gasteiger partial charge >= 0.3 is 0 Å². The van der Waals surface area contributed by atoms with E-state index in [1.807, 2.05) is 32.0 Å². The van der Waals surface area contributed by atoms with Crippen LogP contribution >= 0.6 is 0 Å². The summed E-state index contributed by atoms with van der Waals surface area (Å²) in [5.41, 5.74) is 1.19. The van der Waals surface area contributed by atoms with Gasteiger partial charge in [0.1, 0.15) is 0 Å². The Morgan fingerprint density at radius 2 is 1.76 bits per heavy atom. The van der Waals surface area contributed by atoms with Crippen LogP contribution in [0.1, 0.15) is 59.4 Å². The lowest BCUT2D eigenvalue weighted by atomic mass is 10.0. The molecule has 0 bridgehead atoms. The smallest absolute Gasteiger partial charge is 0.250 e. The van der Waals surface area contributed by atoms with Gasteiger partial charge in [-0.1, -0.05) is 57.7 Å². The van der Waals surface area contributed by atoms with E-state index in [-0.39, 0.29) is 17.2 Å². The monoisotopic (exact) mass is 420 g/mol. The highest BCUT2D eigenvalue weighted by atomic mass is 28.4. The maximum absolute atomic E-state index is 6.35. The van der Waals surface area contributed by atoms with E-state index in [0.29, 0.717) is 19.6 Å². The van der Waals surface area contributed by atoms with Crippen molar-refractivity contribution in [2.75, 3.05) is 6.61 Å². The molecule has 2 rings (SSSR count). The highest BCUT2D eigenvalue weighted by Gasteiger charge is 2.40. The summed E-state index contributed by atoms with van der Waals surface area (Å²) in [6.45, 7) is 20.7. The van der Waals surface area contributed by atoms with Gasteiger partial charge in [-0.3, -0.25) is 0 Å². The molecule has 2 atom stereocenters. The minimum absolute atomic E-state index is 0.0511. The molecular weight excluding hydrogens is 380 g/mol. The van der Waals surface area contributed by atoms with Gasteiger partial charge in [0.05, 0.1) is 24.6 Å². The molecule has 164 valence electrons. The first-order valence-electron chi connectivity index (χ1n) is 10.7. The normalized spacial score (nSPS) is 22.3. The second-order valence-electron chi connectivity index (χ2n) is 10.0. The minimum Gasteiger partial charge on any atom is -0.547 e. The lowest BCUT2D eigenvalue weighted by Gasteiger charge is -2.42. The lowest BCUT2D eigenvalue weighted by molar-refractivity contribution is -0.301. The maximum atomic E-state index is 6.35. The molecule has 29 heavy (non-hydrogen) atoms. The molecule has 1 saturated heterocycles. The fourth-order valence-electron chi connectivity index (χ4n) is 3.31. The number of hydrogen-bond donors (Lipinski definition) is 0. The van der Waals surface area contributed by atoms with Gasteiger partial charge in [-0.15, -0.1) is 0 Å². The third kappa shape index (κ3) is 7.89. The van der Waals surface area contributed by atoms with Crippen molar-refractivity contribution in [2.45, 2.75) is 96.6 Å². The molecule has 1 aliphatic rings. The molecule has 0 saturated carbocycles. The maximum Gasteiger partial charge on any atom is 0.250 e. The molecule has 1 aromatic rings. The minimum atomic E-state index is -1.87. The van der Waals surface area contributed by atoms with Gasteiger partial charge in [0.2, 0.25) is 8.32 Å². The fraction of sp³-hybridized carbons (Fsp3) is 0.667. The second kappa shape index (κ2) is 9.78. The predicted octanol–water partition coefficient (Wildman–Crippen LogP) is 6.43. The zero-order valence-electron chi connectivity index (χ0n) is 19.4. The van der Waals surface area contributed by atoms with Crippen LogP contribution < -0.4 is 0 Å². The molecule has 0 spiro atoms. The third-order valence-corrected chi connectivity index (χ3v) is 10.2. The van der Waals surface area contributed by atoms with E-state index in [4.69, 9.17) is 18.6 Å². The van der Waals surface area contributed by atoms with Crippen molar-refractivity contribution < 1.29 is 18.6 Å². The van der Waals surface area contributed by atoms with E-state index >= 15 is 0 Å². The molecule has 0 aromatic heterocycles. The molecule has 4 nitrogen and oxygen atoms in total. The average molecular weight is 421 g/mol. The zero-order valence-corrected chi connectivity index (χ0v) is 20.4. The molecule has 0 amide bonds. The quantitative estimate of drug-likeness (QED) is 0.262. The van der Waals surface area contributed by atoms with E-state index < -0.39 is 14.1 Å². The Morgan fingerprint density at radius 3 is 2.38 bits per heavy atom. The summed E-state index contributed by atoms with van der Waals surface area (Å²) in [4.78, 5) is 0. The highest BCUT2D eigenvalue weighted by Crippen LogP contribution is 2.39. The van der Waals surface area contributed by atoms with Gasteiger partial charge < -0.3 is 18.6 Å². The largest absolute Gasteiger partial charge is 0.547 e. The van der Waals surface area contributed by atoms with Gasteiger partial charge in [0, 0.05) is 19.4 Å². The van der Waals surface area contributed by atoms with Gasteiger partial charge in [0.25, 0.3) is 0 Å². The van der Waals surface area contributed by atoms with Gasteiger partial charge in [-0.2, -0.15) is 0 Å². The molecule has 0 N–H and O–H groups in total. The van der Waals surface area contributed by atoms with Gasteiger partial charge in [-0.05, 0) is 44.0 Å². The average Bonchev–Trinajstić information content (AvgIpc) is 2.56. The molecule has 0 aliphatic carbocycles. The molecular formula is C24H40O4Si. The van der Waals surface area contributed by atoms with Gasteiger partial charge in [0.15, 0.2) is 5.79 Å². The van der Waals surface area contributed by atoms with Crippen LogP contribution in [0.5, 0.6) is 0 Å². The van der Waals surface area contributed by atoms with Crippen LogP contribution in [-0.2, 0) is 25.2 Å². The second-order valence-corrected chi connectivity index (χ2v) is 14.8. The summed E-state index contributed by atoms with van der Waals surface area (Å²) < 4.78 is 24.5. The lowest BCUT2D eigenvalue weighted by Crippen LogP contribution is -2.46. The van der Waals surface area contributed by atoms with Crippen molar-refractivity contribution in [2.24, 2.45) is 0 Å². The predicted molar refractivity (Wildman–Crippen MR) is 121 cm³/mol. The van der Waals surface area contributed by atoms with E-state index in [2.05, 4.69) is 52.6 Å². The van der Waals surface area contributed by atoms with Crippen molar-refractivity contribution in [3.63, 3.8) is 0 Å². The van der Waals surface area contributed by atoms with Crippen molar-refractivity contribution >= 4 is 8.32 Å². The Bertz CT molecular complexity index is 649. The number of rotatable bonds is 9. The standard InChI is InChI=1S/C24H40O4Si/c1-19(28-29(7,8)23(2,3)4)16-22-17-21(26-24(5,6)27-22)14-15-25-18-20-12-10-9-11-13-20/h9-13,21-22H,1,14-18H2,2-8H3/t21-,22-/m1/s1. The summed E-state index contributed by atoms with van der Waals surface area (Å²) in [7, 11) is -1.87. The van der Waals surface area contributed by atoms with Crippen molar-refractivity contribution in [3.05, 3.63) is 48.2 Å². The van der Waals surface area contributed by atoms with Gasteiger partial charge in [-0.25, -0.2) is 0 Å². The zero-order chi connectivity index (χ0) is 21.7. The van der Waals surface area contributed by atoms with Crippen LogP contribution in [0.4, 0.5) is 0 Å². The third-order valence-electron chi connectivity index (χ3n) is 5.78. The first-order valence-corrected chi connectivity index (χ1v) is 13.6.